The third-order valence-electron chi connectivity index (χ3n) is 5.09. The predicted molar refractivity (Wildman–Crippen MR) is 121 cm³/mol. The SMILES string of the molecule is Cc1c(-c2cc(C3CSc4ncc(Cl)cc4N3)ccn2)nc2cccc(F)c2c1Cl. The minimum absolute atomic E-state index is 0.0678. The van der Waals surface area contributed by atoms with Crippen LogP contribution in [-0.4, -0.2) is 20.7 Å². The average Bonchev–Trinajstić information content (AvgIpc) is 2.75. The summed E-state index contributed by atoms with van der Waals surface area (Å²) in [6, 6.07) is 10.7. The summed E-state index contributed by atoms with van der Waals surface area (Å²) < 4.78 is 14.3. The fourth-order valence-electron chi connectivity index (χ4n) is 3.58. The number of nitrogens with zero attached hydrogens (tertiary/aromatic N) is 3. The Hall–Kier alpha value is -2.41. The molecule has 0 saturated heterocycles. The van der Waals surface area contributed by atoms with Gasteiger partial charge in [0.25, 0.3) is 0 Å². The average molecular weight is 457 g/mol. The molecule has 1 atom stereocenters. The molecule has 4 aromatic rings. The Bertz CT molecular complexity index is 1300. The molecule has 0 saturated carbocycles. The molecule has 5 rings (SSSR count). The molecular formula is C22H15Cl2FN4S. The minimum atomic E-state index is -0.379. The maximum Gasteiger partial charge on any atom is 0.134 e. The second-order valence-corrected chi connectivity index (χ2v) is 8.85. The first kappa shape index (κ1) is 19.5. The van der Waals surface area contributed by atoms with E-state index in [1.54, 1.807) is 36.3 Å². The molecule has 0 radical (unpaired) electrons. The van der Waals surface area contributed by atoms with Crippen molar-refractivity contribution in [1.29, 1.82) is 0 Å². The maximum atomic E-state index is 14.3. The Morgan fingerprint density at radius 2 is 2.03 bits per heavy atom. The Balaban J connectivity index is 1.55. The number of nitrogens with one attached hydrogen (secondary N) is 1. The summed E-state index contributed by atoms with van der Waals surface area (Å²) >= 11 is 14.3. The number of aromatic nitrogens is 3. The lowest BCUT2D eigenvalue weighted by molar-refractivity contribution is 0.639. The van der Waals surface area contributed by atoms with Crippen molar-refractivity contribution in [3.05, 3.63) is 75.8 Å². The molecule has 1 N–H and O–H groups in total. The van der Waals surface area contributed by atoms with Crippen LogP contribution in [-0.2, 0) is 0 Å². The van der Waals surface area contributed by atoms with Gasteiger partial charge in [0, 0.05) is 18.1 Å². The van der Waals surface area contributed by atoms with Gasteiger partial charge in [0.15, 0.2) is 0 Å². The number of rotatable bonds is 2. The topological polar surface area (TPSA) is 50.7 Å². The first-order chi connectivity index (χ1) is 14.5. The number of hydrogen-bond acceptors (Lipinski definition) is 5. The van der Waals surface area contributed by atoms with Gasteiger partial charge in [-0.1, -0.05) is 29.3 Å². The number of thioether (sulfide) groups is 1. The third-order valence-corrected chi connectivity index (χ3v) is 6.87. The molecule has 4 heterocycles. The van der Waals surface area contributed by atoms with Crippen LogP contribution in [0.15, 0.2) is 53.8 Å². The largest absolute Gasteiger partial charge is 0.375 e. The van der Waals surface area contributed by atoms with Gasteiger partial charge < -0.3 is 5.32 Å². The van der Waals surface area contributed by atoms with E-state index in [0.29, 0.717) is 37.9 Å². The van der Waals surface area contributed by atoms with Gasteiger partial charge in [0.2, 0.25) is 0 Å². The summed E-state index contributed by atoms with van der Waals surface area (Å²) in [6.45, 7) is 1.84. The predicted octanol–water partition coefficient (Wildman–Crippen LogP) is 6.71. The van der Waals surface area contributed by atoms with Gasteiger partial charge in [-0.2, -0.15) is 0 Å². The zero-order chi connectivity index (χ0) is 20.8. The van der Waals surface area contributed by atoms with E-state index in [0.717, 1.165) is 22.0 Å². The Kier molecular flexibility index (Phi) is 5.01. The lowest BCUT2D eigenvalue weighted by atomic mass is 10.0. The molecular weight excluding hydrogens is 442 g/mol. The van der Waals surface area contributed by atoms with Crippen LogP contribution in [0.2, 0.25) is 10.0 Å². The van der Waals surface area contributed by atoms with Crippen molar-refractivity contribution in [2.45, 2.75) is 18.0 Å². The van der Waals surface area contributed by atoms with Crippen LogP contribution in [0.3, 0.4) is 0 Å². The van der Waals surface area contributed by atoms with Crippen LogP contribution in [0.25, 0.3) is 22.3 Å². The molecule has 0 fully saturated rings. The van der Waals surface area contributed by atoms with Crippen molar-refractivity contribution >= 4 is 51.6 Å². The molecule has 30 heavy (non-hydrogen) atoms. The Labute approximate surface area is 186 Å². The smallest absolute Gasteiger partial charge is 0.134 e. The monoisotopic (exact) mass is 456 g/mol. The van der Waals surface area contributed by atoms with E-state index in [1.165, 1.54) is 6.07 Å². The zero-order valence-electron chi connectivity index (χ0n) is 15.8. The van der Waals surface area contributed by atoms with Gasteiger partial charge in [-0.25, -0.2) is 14.4 Å². The van der Waals surface area contributed by atoms with E-state index in [9.17, 15) is 4.39 Å². The van der Waals surface area contributed by atoms with Gasteiger partial charge >= 0.3 is 0 Å². The molecule has 1 aliphatic heterocycles. The number of pyridine rings is 3. The summed E-state index contributed by atoms with van der Waals surface area (Å²) in [4.78, 5) is 13.5. The van der Waals surface area contributed by atoms with E-state index in [2.05, 4.69) is 20.3 Å². The van der Waals surface area contributed by atoms with E-state index in [4.69, 9.17) is 23.2 Å². The molecule has 1 unspecified atom stereocenters. The van der Waals surface area contributed by atoms with E-state index in [-0.39, 0.29) is 11.9 Å². The van der Waals surface area contributed by atoms with Crippen molar-refractivity contribution in [3.8, 4) is 11.4 Å². The van der Waals surface area contributed by atoms with Crippen LogP contribution in [0.4, 0.5) is 10.1 Å². The fourth-order valence-corrected chi connectivity index (χ4v) is 5.01. The van der Waals surface area contributed by atoms with Crippen LogP contribution in [0.5, 0.6) is 0 Å². The molecule has 0 aliphatic carbocycles. The molecule has 0 spiro atoms. The van der Waals surface area contributed by atoms with Crippen molar-refractivity contribution in [2.24, 2.45) is 0 Å². The summed E-state index contributed by atoms with van der Waals surface area (Å²) in [5.74, 6) is 0.442. The van der Waals surface area contributed by atoms with Gasteiger partial charge in [-0.3, -0.25) is 4.98 Å². The molecule has 1 aliphatic rings. The third kappa shape index (κ3) is 3.39. The molecule has 4 nitrogen and oxygen atoms in total. The van der Waals surface area contributed by atoms with Crippen molar-refractivity contribution < 1.29 is 4.39 Å². The van der Waals surface area contributed by atoms with Crippen molar-refractivity contribution in [2.75, 3.05) is 11.1 Å². The molecule has 8 heteroatoms. The summed E-state index contributed by atoms with van der Waals surface area (Å²) in [7, 11) is 0. The van der Waals surface area contributed by atoms with Crippen LogP contribution >= 0.6 is 35.0 Å². The Morgan fingerprint density at radius 3 is 2.90 bits per heavy atom. The van der Waals surface area contributed by atoms with Crippen LogP contribution < -0.4 is 5.32 Å². The van der Waals surface area contributed by atoms with E-state index < -0.39 is 0 Å². The second-order valence-electron chi connectivity index (χ2n) is 7.02. The van der Waals surface area contributed by atoms with Gasteiger partial charge in [0.05, 0.1) is 44.1 Å². The normalized spacial score (nSPS) is 15.7. The standard InChI is InChI=1S/C22H15Cl2FN4S/c1-11-20(24)19-14(25)3-2-4-15(19)29-21(11)16-7-12(5-6-26-16)18-10-30-22-17(28-18)8-13(23)9-27-22/h2-9,18,28H,10H2,1H3. The van der Waals surface area contributed by atoms with Crippen molar-refractivity contribution in [3.63, 3.8) is 0 Å². The quantitative estimate of drug-likeness (QED) is 0.363. The molecule has 150 valence electrons. The number of anilines is 1. The van der Waals surface area contributed by atoms with E-state index >= 15 is 0 Å². The number of fused-ring (bicyclic) bond motifs is 2. The zero-order valence-corrected chi connectivity index (χ0v) is 18.1. The van der Waals surface area contributed by atoms with Gasteiger partial charge in [0.1, 0.15) is 10.8 Å². The highest BCUT2D eigenvalue weighted by Crippen LogP contribution is 2.39. The van der Waals surface area contributed by atoms with Crippen LogP contribution in [0, 0.1) is 12.7 Å². The summed E-state index contributed by atoms with van der Waals surface area (Å²) in [5.41, 5.74) is 4.53. The highest BCUT2D eigenvalue weighted by Gasteiger charge is 2.22. The highest BCUT2D eigenvalue weighted by atomic mass is 35.5. The number of halogens is 3. The summed E-state index contributed by atoms with van der Waals surface area (Å²) in [5, 5.41) is 5.73. The Morgan fingerprint density at radius 1 is 1.17 bits per heavy atom. The molecule has 1 aromatic carbocycles. The summed E-state index contributed by atoms with van der Waals surface area (Å²) in [6.07, 6.45) is 3.41. The first-order valence-corrected chi connectivity index (χ1v) is 11.0. The fraction of sp³-hybridized carbons (Fsp3) is 0.136. The minimum Gasteiger partial charge on any atom is -0.375 e. The number of hydrogen-bond donors (Lipinski definition) is 1. The lowest BCUT2D eigenvalue weighted by Gasteiger charge is -2.26. The second kappa shape index (κ2) is 7.69. The number of benzene rings is 1. The van der Waals surface area contributed by atoms with E-state index in [1.807, 2.05) is 25.1 Å². The first-order valence-electron chi connectivity index (χ1n) is 9.27. The van der Waals surface area contributed by atoms with Crippen molar-refractivity contribution in [1.82, 2.24) is 15.0 Å². The molecule has 0 amide bonds. The lowest BCUT2D eigenvalue weighted by Crippen LogP contribution is -2.18. The van der Waals surface area contributed by atoms with Gasteiger partial charge in [-0.15, -0.1) is 11.8 Å². The molecule has 0 bridgehead atoms. The molecule has 3 aromatic heterocycles. The highest BCUT2D eigenvalue weighted by molar-refractivity contribution is 7.99. The van der Waals surface area contributed by atoms with Crippen LogP contribution in [0.1, 0.15) is 17.2 Å². The maximum absolute atomic E-state index is 14.3. The van der Waals surface area contributed by atoms with Gasteiger partial charge in [-0.05, 0) is 48.4 Å².